The summed E-state index contributed by atoms with van der Waals surface area (Å²) < 4.78 is 4.88. The minimum atomic E-state index is -0.349. The van der Waals surface area contributed by atoms with Crippen LogP contribution in [0.4, 0.5) is 16.2 Å². The van der Waals surface area contributed by atoms with Crippen molar-refractivity contribution in [3.05, 3.63) is 64.3 Å². The van der Waals surface area contributed by atoms with E-state index < -0.39 is 0 Å². The van der Waals surface area contributed by atoms with E-state index >= 15 is 0 Å². The number of carbonyl (C=O) groups is 2. The van der Waals surface area contributed by atoms with E-state index in [1.54, 1.807) is 17.4 Å². The van der Waals surface area contributed by atoms with E-state index in [4.69, 9.17) is 16.3 Å². The lowest BCUT2D eigenvalue weighted by molar-refractivity contribution is -0.146. The van der Waals surface area contributed by atoms with Crippen LogP contribution in [0.5, 0.6) is 0 Å². The molecule has 1 aliphatic carbocycles. The predicted molar refractivity (Wildman–Crippen MR) is 133 cm³/mol. The Hall–Kier alpha value is -2.90. The first-order chi connectivity index (χ1) is 15.9. The number of urea groups is 1. The lowest BCUT2D eigenvalue weighted by atomic mass is 9.82. The summed E-state index contributed by atoms with van der Waals surface area (Å²) in [4.78, 5) is 29.8. The predicted octanol–water partition coefficient (Wildman–Crippen LogP) is 6.86. The van der Waals surface area contributed by atoms with Crippen molar-refractivity contribution < 1.29 is 14.3 Å². The molecule has 0 radical (unpaired) electrons. The van der Waals surface area contributed by atoms with Crippen molar-refractivity contribution in [1.82, 2.24) is 4.98 Å². The highest BCUT2D eigenvalue weighted by Crippen LogP contribution is 2.39. The Morgan fingerprint density at radius 1 is 1.06 bits per heavy atom. The number of rotatable bonds is 5. The van der Waals surface area contributed by atoms with Gasteiger partial charge in [0.1, 0.15) is 0 Å². The molecular formula is C25H26ClN3O3S. The Morgan fingerprint density at radius 2 is 1.79 bits per heavy atom. The van der Waals surface area contributed by atoms with Gasteiger partial charge in [0, 0.05) is 17.8 Å². The van der Waals surface area contributed by atoms with Gasteiger partial charge in [0.2, 0.25) is 0 Å². The standard InChI is InChI=1S/C25H26ClN3O3S/c1-15-3-12-20(26)21(13-15)29-25(31)28-19-10-8-16(9-11-19)22-14-27-23(33-22)17-4-6-18(7-5-17)24(30)32-2/h3,8-14,17-18H,4-7H2,1-2H3,(H2,28,29,31). The zero-order valence-corrected chi connectivity index (χ0v) is 20.1. The van der Waals surface area contributed by atoms with Crippen molar-refractivity contribution in [2.75, 3.05) is 17.7 Å². The number of amides is 2. The molecule has 0 spiro atoms. The maximum absolute atomic E-state index is 12.3. The molecule has 0 saturated heterocycles. The Morgan fingerprint density at radius 3 is 2.48 bits per heavy atom. The Labute approximate surface area is 202 Å². The molecular weight excluding hydrogens is 458 g/mol. The van der Waals surface area contributed by atoms with Gasteiger partial charge in [0.15, 0.2) is 0 Å². The van der Waals surface area contributed by atoms with Gasteiger partial charge in [-0.25, -0.2) is 9.78 Å². The van der Waals surface area contributed by atoms with Crippen LogP contribution in [0.25, 0.3) is 10.4 Å². The number of anilines is 2. The van der Waals surface area contributed by atoms with Crippen LogP contribution in [-0.4, -0.2) is 24.1 Å². The molecule has 2 aromatic carbocycles. The van der Waals surface area contributed by atoms with Gasteiger partial charge in [-0.3, -0.25) is 4.79 Å². The summed E-state index contributed by atoms with van der Waals surface area (Å²) in [6.07, 6.45) is 5.51. The third-order valence-electron chi connectivity index (χ3n) is 5.93. The van der Waals surface area contributed by atoms with Crippen molar-refractivity contribution >= 4 is 46.3 Å². The van der Waals surface area contributed by atoms with E-state index in [1.807, 2.05) is 49.5 Å². The monoisotopic (exact) mass is 483 g/mol. The second-order valence-corrected chi connectivity index (χ2v) is 9.74. The fraction of sp³-hybridized carbons (Fsp3) is 0.320. The lowest BCUT2D eigenvalue weighted by Crippen LogP contribution is -2.22. The lowest BCUT2D eigenvalue weighted by Gasteiger charge is -2.25. The number of ether oxygens (including phenoxy) is 1. The van der Waals surface area contributed by atoms with Gasteiger partial charge in [-0.1, -0.05) is 29.8 Å². The number of benzene rings is 2. The molecule has 1 heterocycles. The highest BCUT2D eigenvalue weighted by molar-refractivity contribution is 7.15. The van der Waals surface area contributed by atoms with Gasteiger partial charge in [-0.2, -0.15) is 0 Å². The molecule has 0 unspecified atom stereocenters. The number of nitrogens with one attached hydrogen (secondary N) is 2. The normalized spacial score (nSPS) is 17.9. The molecule has 4 rings (SSSR count). The van der Waals surface area contributed by atoms with Crippen molar-refractivity contribution in [2.45, 2.75) is 38.5 Å². The number of esters is 1. The molecule has 8 heteroatoms. The number of methoxy groups -OCH3 is 1. The molecule has 1 aliphatic rings. The number of aromatic nitrogens is 1. The first kappa shape index (κ1) is 23.3. The van der Waals surface area contributed by atoms with Gasteiger partial charge in [0.25, 0.3) is 0 Å². The Bertz CT molecular complexity index is 1140. The summed E-state index contributed by atoms with van der Waals surface area (Å²) in [6, 6.07) is 12.8. The molecule has 3 aromatic rings. The summed E-state index contributed by atoms with van der Waals surface area (Å²) >= 11 is 7.84. The van der Waals surface area contributed by atoms with Gasteiger partial charge in [0.05, 0.1) is 33.6 Å². The average Bonchev–Trinajstić information content (AvgIpc) is 3.32. The Balaban J connectivity index is 1.35. The van der Waals surface area contributed by atoms with E-state index in [0.717, 1.165) is 46.7 Å². The number of thiazole rings is 1. The second-order valence-electron chi connectivity index (χ2n) is 8.27. The highest BCUT2D eigenvalue weighted by Gasteiger charge is 2.29. The van der Waals surface area contributed by atoms with E-state index in [-0.39, 0.29) is 17.9 Å². The molecule has 1 fully saturated rings. The Kier molecular flexibility index (Phi) is 7.30. The summed E-state index contributed by atoms with van der Waals surface area (Å²) in [5, 5.41) is 7.22. The SMILES string of the molecule is COC(=O)C1CCC(c2ncc(-c3ccc(NC(=O)Nc4cc(C)ccc4Cl)cc3)s2)CC1. The van der Waals surface area contributed by atoms with E-state index in [0.29, 0.717) is 22.3 Å². The van der Waals surface area contributed by atoms with Gasteiger partial charge >= 0.3 is 12.0 Å². The molecule has 2 N–H and O–H groups in total. The van der Waals surface area contributed by atoms with E-state index in [2.05, 4.69) is 15.6 Å². The van der Waals surface area contributed by atoms with Crippen molar-refractivity contribution in [3.8, 4) is 10.4 Å². The van der Waals surface area contributed by atoms with E-state index in [1.165, 1.54) is 7.11 Å². The number of aryl methyl sites for hydroxylation is 1. The average molecular weight is 484 g/mol. The summed E-state index contributed by atoms with van der Waals surface area (Å²) in [6.45, 7) is 1.94. The van der Waals surface area contributed by atoms with Crippen molar-refractivity contribution in [1.29, 1.82) is 0 Å². The second kappa shape index (κ2) is 10.4. The van der Waals surface area contributed by atoms with Crippen LogP contribution < -0.4 is 10.6 Å². The quantitative estimate of drug-likeness (QED) is 0.388. The molecule has 172 valence electrons. The van der Waals surface area contributed by atoms with Crippen molar-refractivity contribution in [3.63, 3.8) is 0 Å². The zero-order chi connectivity index (χ0) is 23.4. The fourth-order valence-electron chi connectivity index (χ4n) is 4.09. The molecule has 1 aromatic heterocycles. The smallest absolute Gasteiger partial charge is 0.323 e. The maximum atomic E-state index is 12.3. The number of hydrogen-bond acceptors (Lipinski definition) is 5. The largest absolute Gasteiger partial charge is 0.469 e. The number of halogens is 1. The van der Waals surface area contributed by atoms with Crippen LogP contribution in [0.3, 0.4) is 0 Å². The first-order valence-corrected chi connectivity index (χ1v) is 12.1. The van der Waals surface area contributed by atoms with Crippen LogP contribution in [0.15, 0.2) is 48.7 Å². The summed E-state index contributed by atoms with van der Waals surface area (Å²) in [5.74, 6) is 0.310. The minimum absolute atomic E-state index is 0.0184. The molecule has 33 heavy (non-hydrogen) atoms. The number of carbonyl (C=O) groups excluding carboxylic acids is 2. The van der Waals surface area contributed by atoms with Crippen LogP contribution in [0, 0.1) is 12.8 Å². The van der Waals surface area contributed by atoms with E-state index in [9.17, 15) is 9.59 Å². The number of nitrogens with zero attached hydrogens (tertiary/aromatic N) is 1. The molecule has 0 bridgehead atoms. The third kappa shape index (κ3) is 5.72. The first-order valence-electron chi connectivity index (χ1n) is 10.9. The topological polar surface area (TPSA) is 80.3 Å². The van der Waals surface area contributed by atoms with Crippen LogP contribution in [0.1, 0.15) is 42.2 Å². The highest BCUT2D eigenvalue weighted by atomic mass is 35.5. The van der Waals surface area contributed by atoms with Crippen LogP contribution in [0.2, 0.25) is 5.02 Å². The fourth-order valence-corrected chi connectivity index (χ4v) is 5.35. The van der Waals surface area contributed by atoms with Crippen molar-refractivity contribution in [2.24, 2.45) is 5.92 Å². The zero-order valence-electron chi connectivity index (χ0n) is 18.6. The maximum Gasteiger partial charge on any atom is 0.323 e. The van der Waals surface area contributed by atoms with Crippen LogP contribution >= 0.6 is 22.9 Å². The molecule has 2 amide bonds. The van der Waals surface area contributed by atoms with Gasteiger partial charge < -0.3 is 15.4 Å². The van der Waals surface area contributed by atoms with Gasteiger partial charge in [-0.05, 0) is 68.0 Å². The molecule has 0 atom stereocenters. The molecule has 0 aliphatic heterocycles. The minimum Gasteiger partial charge on any atom is -0.469 e. The number of hydrogen-bond donors (Lipinski definition) is 2. The molecule has 1 saturated carbocycles. The summed E-state index contributed by atoms with van der Waals surface area (Å²) in [5.41, 5.74) is 3.32. The summed E-state index contributed by atoms with van der Waals surface area (Å²) in [7, 11) is 1.45. The van der Waals surface area contributed by atoms with Crippen LogP contribution in [-0.2, 0) is 9.53 Å². The third-order valence-corrected chi connectivity index (χ3v) is 7.47. The molecule has 6 nitrogen and oxygen atoms in total. The van der Waals surface area contributed by atoms with Gasteiger partial charge in [-0.15, -0.1) is 11.3 Å².